The molecule has 3 N–H and O–H groups in total. The second-order valence-electron chi connectivity index (χ2n) is 6.09. The van der Waals surface area contributed by atoms with Crippen molar-refractivity contribution in [2.45, 2.75) is 39.8 Å². The third kappa shape index (κ3) is 4.94. The first-order valence-corrected chi connectivity index (χ1v) is 7.03. The van der Waals surface area contributed by atoms with E-state index in [0.717, 1.165) is 18.5 Å². The van der Waals surface area contributed by atoms with E-state index < -0.39 is 0 Å². The molecular weight excluding hydrogens is 252 g/mol. The summed E-state index contributed by atoms with van der Waals surface area (Å²) in [6, 6.07) is 7.82. The maximum Gasteiger partial charge on any atom is 0.251 e. The number of carbonyl (C=O) groups excluding carboxylic acids is 1. The van der Waals surface area contributed by atoms with Gasteiger partial charge in [0, 0.05) is 31.8 Å². The zero-order chi connectivity index (χ0) is 15.2. The van der Waals surface area contributed by atoms with Crippen LogP contribution in [0.4, 0.5) is 0 Å². The van der Waals surface area contributed by atoms with Crippen LogP contribution in [0.1, 0.15) is 43.1 Å². The number of rotatable bonds is 6. The Bertz CT molecular complexity index is 421. The van der Waals surface area contributed by atoms with Crippen LogP contribution in [0.5, 0.6) is 0 Å². The summed E-state index contributed by atoms with van der Waals surface area (Å²) in [5.74, 6) is -0.0719. The molecule has 0 radical (unpaired) electrons. The van der Waals surface area contributed by atoms with Crippen molar-refractivity contribution >= 4 is 5.91 Å². The minimum absolute atomic E-state index is 0.0719. The maximum absolute atomic E-state index is 11.5. The van der Waals surface area contributed by atoms with E-state index >= 15 is 0 Å². The normalized spacial score (nSPS) is 13.1. The molecule has 0 heterocycles. The maximum atomic E-state index is 11.5. The number of aliphatic hydroxyl groups is 1. The molecule has 4 nitrogen and oxygen atoms in total. The van der Waals surface area contributed by atoms with E-state index in [1.165, 1.54) is 0 Å². The summed E-state index contributed by atoms with van der Waals surface area (Å²) >= 11 is 0. The van der Waals surface area contributed by atoms with Crippen molar-refractivity contribution in [3.8, 4) is 0 Å². The molecule has 1 atom stereocenters. The molecule has 1 aromatic carbocycles. The van der Waals surface area contributed by atoms with Crippen LogP contribution < -0.4 is 10.6 Å². The van der Waals surface area contributed by atoms with Gasteiger partial charge in [-0.3, -0.25) is 4.79 Å². The Balaban J connectivity index is 2.62. The van der Waals surface area contributed by atoms with Gasteiger partial charge in [0.2, 0.25) is 0 Å². The Hall–Kier alpha value is -1.39. The number of aliphatic hydroxyl groups excluding tert-OH is 1. The Morgan fingerprint density at radius 3 is 2.30 bits per heavy atom. The fourth-order valence-corrected chi connectivity index (χ4v) is 2.13. The van der Waals surface area contributed by atoms with Gasteiger partial charge in [0.25, 0.3) is 5.91 Å². The van der Waals surface area contributed by atoms with Crippen LogP contribution in [-0.4, -0.2) is 30.7 Å². The van der Waals surface area contributed by atoms with E-state index in [4.69, 9.17) is 5.11 Å². The lowest BCUT2D eigenvalue weighted by Crippen LogP contribution is -2.40. The lowest BCUT2D eigenvalue weighted by molar-refractivity contribution is 0.0963. The molecule has 0 aliphatic carbocycles. The zero-order valence-corrected chi connectivity index (χ0v) is 12.9. The van der Waals surface area contributed by atoms with Crippen LogP contribution in [0.15, 0.2) is 24.3 Å². The quantitative estimate of drug-likeness (QED) is 0.745. The van der Waals surface area contributed by atoms with Crippen LogP contribution in [0, 0.1) is 5.41 Å². The largest absolute Gasteiger partial charge is 0.396 e. The highest BCUT2D eigenvalue weighted by Crippen LogP contribution is 2.22. The standard InChI is InChI=1S/C16H26N2O2/c1-16(2,3)14(9-10-19)18-11-12-5-7-13(8-6-12)15(20)17-4/h5-8,14,18-19H,9-11H2,1-4H3,(H,17,20). The van der Waals surface area contributed by atoms with Crippen LogP contribution in [-0.2, 0) is 6.54 Å². The van der Waals surface area contributed by atoms with Crippen LogP contribution >= 0.6 is 0 Å². The van der Waals surface area contributed by atoms with E-state index in [-0.39, 0.29) is 24.0 Å². The number of hydrogen-bond donors (Lipinski definition) is 3. The molecule has 4 heteroatoms. The van der Waals surface area contributed by atoms with Gasteiger partial charge in [0.05, 0.1) is 0 Å². The van der Waals surface area contributed by atoms with E-state index in [2.05, 4.69) is 31.4 Å². The average Bonchev–Trinajstić information content (AvgIpc) is 2.42. The summed E-state index contributed by atoms with van der Waals surface area (Å²) in [6.07, 6.45) is 0.736. The summed E-state index contributed by atoms with van der Waals surface area (Å²) < 4.78 is 0. The Labute approximate surface area is 121 Å². The molecule has 1 amide bonds. The van der Waals surface area contributed by atoms with Crippen LogP contribution in [0.2, 0.25) is 0 Å². The topological polar surface area (TPSA) is 61.4 Å². The second kappa shape index (κ2) is 7.41. The summed E-state index contributed by atoms with van der Waals surface area (Å²) in [7, 11) is 1.63. The zero-order valence-electron chi connectivity index (χ0n) is 12.9. The number of nitrogens with one attached hydrogen (secondary N) is 2. The van der Waals surface area contributed by atoms with Gasteiger partial charge in [0.1, 0.15) is 0 Å². The number of benzene rings is 1. The first kappa shape index (κ1) is 16.7. The van der Waals surface area contributed by atoms with Gasteiger partial charge in [-0.05, 0) is 29.5 Å². The molecule has 0 aliphatic rings. The monoisotopic (exact) mass is 278 g/mol. The number of hydrogen-bond acceptors (Lipinski definition) is 3. The molecule has 0 fully saturated rings. The van der Waals surface area contributed by atoms with E-state index in [0.29, 0.717) is 5.56 Å². The van der Waals surface area contributed by atoms with Crippen molar-refractivity contribution in [1.82, 2.24) is 10.6 Å². The van der Waals surface area contributed by atoms with E-state index in [9.17, 15) is 4.79 Å². The third-order valence-electron chi connectivity index (χ3n) is 3.46. The predicted molar refractivity (Wildman–Crippen MR) is 81.6 cm³/mol. The van der Waals surface area contributed by atoms with Crippen molar-refractivity contribution in [2.24, 2.45) is 5.41 Å². The van der Waals surface area contributed by atoms with E-state index in [1.807, 2.05) is 24.3 Å². The lowest BCUT2D eigenvalue weighted by atomic mass is 9.85. The van der Waals surface area contributed by atoms with Gasteiger partial charge >= 0.3 is 0 Å². The third-order valence-corrected chi connectivity index (χ3v) is 3.46. The summed E-state index contributed by atoms with van der Waals surface area (Å²) in [6.45, 7) is 7.40. The van der Waals surface area contributed by atoms with Crippen molar-refractivity contribution in [3.05, 3.63) is 35.4 Å². The molecule has 112 valence electrons. The van der Waals surface area contributed by atoms with Crippen LogP contribution in [0.25, 0.3) is 0 Å². The molecule has 1 unspecified atom stereocenters. The molecule has 1 aromatic rings. The first-order chi connectivity index (χ1) is 9.38. The van der Waals surface area contributed by atoms with Gasteiger partial charge in [0.15, 0.2) is 0 Å². The molecule has 0 spiro atoms. The highest BCUT2D eigenvalue weighted by atomic mass is 16.3. The minimum atomic E-state index is -0.0719. The van der Waals surface area contributed by atoms with Crippen molar-refractivity contribution in [3.63, 3.8) is 0 Å². The molecule has 0 saturated carbocycles. The summed E-state index contributed by atoms with van der Waals surface area (Å²) in [4.78, 5) is 11.5. The summed E-state index contributed by atoms with van der Waals surface area (Å²) in [5.41, 5.74) is 1.90. The van der Waals surface area contributed by atoms with Crippen molar-refractivity contribution in [1.29, 1.82) is 0 Å². The Kier molecular flexibility index (Phi) is 6.17. The molecule has 0 aromatic heterocycles. The summed E-state index contributed by atoms with van der Waals surface area (Å²) in [5, 5.41) is 15.2. The SMILES string of the molecule is CNC(=O)c1ccc(CNC(CCO)C(C)(C)C)cc1. The molecule has 0 saturated heterocycles. The second-order valence-corrected chi connectivity index (χ2v) is 6.09. The number of carbonyl (C=O) groups is 1. The fourth-order valence-electron chi connectivity index (χ4n) is 2.13. The predicted octanol–water partition coefficient (Wildman–Crippen LogP) is 1.93. The van der Waals surface area contributed by atoms with Gasteiger partial charge in [-0.2, -0.15) is 0 Å². The molecule has 0 bridgehead atoms. The minimum Gasteiger partial charge on any atom is -0.396 e. The first-order valence-electron chi connectivity index (χ1n) is 7.03. The van der Waals surface area contributed by atoms with Crippen molar-refractivity contribution < 1.29 is 9.90 Å². The molecule has 1 rings (SSSR count). The molecular formula is C16H26N2O2. The molecule has 20 heavy (non-hydrogen) atoms. The fraction of sp³-hybridized carbons (Fsp3) is 0.562. The van der Waals surface area contributed by atoms with E-state index in [1.54, 1.807) is 7.05 Å². The Morgan fingerprint density at radius 1 is 1.25 bits per heavy atom. The Morgan fingerprint density at radius 2 is 1.85 bits per heavy atom. The molecule has 0 aliphatic heterocycles. The lowest BCUT2D eigenvalue weighted by Gasteiger charge is -2.31. The van der Waals surface area contributed by atoms with Gasteiger partial charge in [-0.25, -0.2) is 0 Å². The van der Waals surface area contributed by atoms with Gasteiger partial charge in [-0.15, -0.1) is 0 Å². The van der Waals surface area contributed by atoms with Crippen molar-refractivity contribution in [2.75, 3.05) is 13.7 Å². The highest BCUT2D eigenvalue weighted by molar-refractivity contribution is 5.93. The van der Waals surface area contributed by atoms with Gasteiger partial charge < -0.3 is 15.7 Å². The average molecular weight is 278 g/mol. The smallest absolute Gasteiger partial charge is 0.251 e. The van der Waals surface area contributed by atoms with Gasteiger partial charge in [-0.1, -0.05) is 32.9 Å². The highest BCUT2D eigenvalue weighted by Gasteiger charge is 2.23. The van der Waals surface area contributed by atoms with Crippen LogP contribution in [0.3, 0.4) is 0 Å². The number of amides is 1.